The van der Waals surface area contributed by atoms with E-state index < -0.39 is 20.0 Å². The molecule has 0 saturated carbocycles. The quantitative estimate of drug-likeness (QED) is 0.234. The van der Waals surface area contributed by atoms with Crippen LogP contribution in [0.4, 0.5) is 22.0 Å². The Morgan fingerprint density at radius 2 is 1.81 bits per heavy atom. The fourth-order valence-electron chi connectivity index (χ4n) is 4.26. The van der Waals surface area contributed by atoms with E-state index in [1.54, 1.807) is 32.4 Å². The average molecular weight is 602 g/mol. The number of hydrogen-bond donors (Lipinski definition) is 3. The fraction of sp³-hybridized carbons (Fsp3) is 0.600. The van der Waals surface area contributed by atoms with Crippen molar-refractivity contribution in [2.24, 2.45) is 0 Å². The van der Waals surface area contributed by atoms with Gasteiger partial charge < -0.3 is 34.6 Å². The molecule has 2 aromatic heterocycles. The molecule has 1 aliphatic carbocycles. The predicted molar refractivity (Wildman–Crippen MR) is 166 cm³/mol. The van der Waals surface area contributed by atoms with Gasteiger partial charge in [0.15, 0.2) is 14.1 Å². The molecular weight excluding hydrogens is 554 g/mol. The summed E-state index contributed by atoms with van der Waals surface area (Å²) in [6, 6.07) is 5.25. The van der Waals surface area contributed by atoms with Crippen molar-refractivity contribution in [3.63, 3.8) is 0 Å². The Labute approximate surface area is 250 Å². The number of nitrogens with zero attached hydrogens (tertiary/aromatic N) is 2. The topological polar surface area (TPSA) is 133 Å². The van der Waals surface area contributed by atoms with Crippen molar-refractivity contribution >= 4 is 37.6 Å². The summed E-state index contributed by atoms with van der Waals surface area (Å²) in [5.74, 6) is 0.538. The van der Waals surface area contributed by atoms with Crippen LogP contribution < -0.4 is 20.7 Å². The molecule has 42 heavy (non-hydrogen) atoms. The molecule has 12 heteroatoms. The zero-order valence-electron chi connectivity index (χ0n) is 26.6. The van der Waals surface area contributed by atoms with E-state index >= 15 is 0 Å². The number of rotatable bonds is 10. The van der Waals surface area contributed by atoms with Gasteiger partial charge in [0.05, 0.1) is 43.4 Å². The highest BCUT2D eigenvalue weighted by molar-refractivity contribution is 6.74. The van der Waals surface area contributed by atoms with E-state index in [9.17, 15) is 9.59 Å². The molecule has 11 nitrogen and oxygen atoms in total. The highest BCUT2D eigenvalue weighted by atomic mass is 28.4. The first-order chi connectivity index (χ1) is 19.5. The first kappa shape index (κ1) is 33.1. The van der Waals surface area contributed by atoms with Gasteiger partial charge in [-0.25, -0.2) is 4.79 Å². The Hall–Kier alpha value is -3.38. The number of fused-ring (bicyclic) bond motifs is 1. The molecule has 0 spiro atoms. The van der Waals surface area contributed by atoms with Gasteiger partial charge in [0.1, 0.15) is 12.1 Å². The summed E-state index contributed by atoms with van der Waals surface area (Å²) in [4.78, 5) is 34.0. The van der Waals surface area contributed by atoms with Gasteiger partial charge in [0.25, 0.3) is 0 Å². The van der Waals surface area contributed by atoms with Gasteiger partial charge >= 0.3 is 12.1 Å². The Kier molecular flexibility index (Phi) is 10.5. The minimum atomic E-state index is -2.17. The van der Waals surface area contributed by atoms with Crippen LogP contribution in [0.3, 0.4) is 0 Å². The van der Waals surface area contributed by atoms with Crippen LogP contribution in [0.5, 0.6) is 5.88 Å². The van der Waals surface area contributed by atoms with E-state index in [2.05, 4.69) is 54.8 Å². The lowest BCUT2D eigenvalue weighted by molar-refractivity contribution is -0.140. The molecule has 0 fully saturated rings. The summed E-state index contributed by atoms with van der Waals surface area (Å²) in [5, 5.41) is 9.45. The lowest BCUT2D eigenvalue weighted by atomic mass is 9.89. The fourth-order valence-corrected chi connectivity index (χ4v) is 5.62. The molecule has 2 heterocycles. The maximum Gasteiger partial charge on any atom is 0.407 e. The molecule has 0 radical (unpaired) electrons. The lowest BCUT2D eigenvalue weighted by Crippen LogP contribution is -2.55. The Morgan fingerprint density at radius 1 is 1.10 bits per heavy atom. The van der Waals surface area contributed by atoms with E-state index in [1.807, 2.05) is 26.8 Å². The third-order valence-corrected chi connectivity index (χ3v) is 11.9. The van der Waals surface area contributed by atoms with Gasteiger partial charge in [-0.2, -0.15) is 4.98 Å². The van der Waals surface area contributed by atoms with E-state index in [0.29, 0.717) is 36.8 Å². The summed E-state index contributed by atoms with van der Waals surface area (Å²) in [6.45, 7) is 18.6. The molecule has 2 aromatic rings. The number of ether oxygens (including phenoxy) is 3. The van der Waals surface area contributed by atoms with Gasteiger partial charge in [-0.1, -0.05) is 20.8 Å². The van der Waals surface area contributed by atoms with E-state index in [0.717, 1.165) is 16.9 Å². The van der Waals surface area contributed by atoms with Crippen LogP contribution in [-0.2, 0) is 31.5 Å². The number of aromatic nitrogens is 2. The standard InChI is InChI=1S/C30H47N5O6Si/c1-11-39-26(36)18-32-21-12-13-25(38-8)35-27(21)33-20-14-19-15-24(41-42(9,10)30(5,6)7)23(16-22(19)31-17-20)34-28(37)40-29(2,3)4/h12-14,17,23-24,32H,11,15-16,18H2,1-10H3,(H,33,35)(H,34,37)/t23-,24-/m0/s1. The molecule has 3 N–H and O–H groups in total. The van der Waals surface area contributed by atoms with Crippen LogP contribution in [-0.4, -0.2) is 68.4 Å². The zero-order chi connectivity index (χ0) is 31.3. The van der Waals surface area contributed by atoms with Crippen LogP contribution >= 0.6 is 0 Å². The van der Waals surface area contributed by atoms with E-state index in [1.165, 1.54) is 0 Å². The van der Waals surface area contributed by atoms with Gasteiger partial charge in [-0.3, -0.25) is 9.78 Å². The SMILES string of the molecule is CCOC(=O)CNc1ccc(OC)nc1Nc1cnc2c(c1)C[C@H](O[Si](C)(C)C(C)(C)C)[C@@H](NC(=O)OC(C)(C)C)C2. The number of anilines is 3. The van der Waals surface area contributed by atoms with E-state index in [4.69, 9.17) is 23.6 Å². The van der Waals surface area contributed by atoms with Crippen molar-refractivity contribution in [1.29, 1.82) is 0 Å². The largest absolute Gasteiger partial charge is 0.481 e. The maximum absolute atomic E-state index is 12.8. The first-order valence-electron chi connectivity index (χ1n) is 14.4. The minimum absolute atomic E-state index is 0.00251. The molecule has 1 amide bonds. The Bertz CT molecular complexity index is 1260. The smallest absolute Gasteiger partial charge is 0.407 e. The van der Waals surface area contributed by atoms with Gasteiger partial charge in [0, 0.05) is 24.6 Å². The van der Waals surface area contributed by atoms with Crippen LogP contribution in [0.15, 0.2) is 24.4 Å². The number of esters is 1. The molecule has 1 aliphatic rings. The highest BCUT2D eigenvalue weighted by Crippen LogP contribution is 2.39. The molecule has 0 saturated heterocycles. The van der Waals surface area contributed by atoms with Crippen molar-refractivity contribution in [2.75, 3.05) is 30.9 Å². The van der Waals surface area contributed by atoms with Crippen LogP contribution in [0, 0.1) is 0 Å². The summed E-state index contributed by atoms with van der Waals surface area (Å²) in [7, 11) is -0.624. The third kappa shape index (κ3) is 9.06. The second-order valence-electron chi connectivity index (χ2n) is 12.9. The predicted octanol–water partition coefficient (Wildman–Crippen LogP) is 5.59. The summed E-state index contributed by atoms with van der Waals surface area (Å²) in [5.41, 5.74) is 2.63. The number of alkyl carbamates (subject to hydrolysis) is 1. The second-order valence-corrected chi connectivity index (χ2v) is 17.7. The van der Waals surface area contributed by atoms with Gasteiger partial charge in [0.2, 0.25) is 5.88 Å². The lowest BCUT2D eigenvalue weighted by Gasteiger charge is -2.43. The number of hydrogen-bond acceptors (Lipinski definition) is 10. The molecule has 3 rings (SSSR count). The molecule has 0 aromatic carbocycles. The Morgan fingerprint density at radius 3 is 2.43 bits per heavy atom. The molecule has 0 aliphatic heterocycles. The number of amides is 1. The molecule has 2 atom stereocenters. The van der Waals surface area contributed by atoms with Crippen LogP contribution in [0.25, 0.3) is 0 Å². The van der Waals surface area contributed by atoms with Crippen LogP contribution in [0.1, 0.15) is 59.7 Å². The normalized spacial score (nSPS) is 17.1. The summed E-state index contributed by atoms with van der Waals surface area (Å²) < 4.78 is 22.8. The van der Waals surface area contributed by atoms with Crippen molar-refractivity contribution in [3.05, 3.63) is 35.7 Å². The molecule has 0 bridgehead atoms. The second kappa shape index (κ2) is 13.3. The number of nitrogens with one attached hydrogen (secondary N) is 3. The highest BCUT2D eigenvalue weighted by Gasteiger charge is 2.43. The molecule has 0 unspecified atom stereocenters. The summed E-state index contributed by atoms with van der Waals surface area (Å²) >= 11 is 0. The zero-order valence-corrected chi connectivity index (χ0v) is 27.6. The number of carbonyl (C=O) groups is 2. The summed E-state index contributed by atoms with van der Waals surface area (Å²) in [6.07, 6.45) is 2.10. The number of methoxy groups -OCH3 is 1. The molecular formula is C30H47N5O6Si. The van der Waals surface area contributed by atoms with Crippen molar-refractivity contribution in [1.82, 2.24) is 15.3 Å². The average Bonchev–Trinajstić information content (AvgIpc) is 2.86. The van der Waals surface area contributed by atoms with Crippen molar-refractivity contribution in [2.45, 2.75) is 97.2 Å². The van der Waals surface area contributed by atoms with Gasteiger partial charge in [-0.15, -0.1) is 0 Å². The van der Waals surface area contributed by atoms with Crippen molar-refractivity contribution < 1.29 is 28.2 Å². The maximum atomic E-state index is 12.8. The number of carbonyl (C=O) groups excluding carboxylic acids is 2. The Balaban J connectivity index is 1.88. The van der Waals surface area contributed by atoms with Crippen molar-refractivity contribution in [3.8, 4) is 5.88 Å². The first-order valence-corrected chi connectivity index (χ1v) is 17.3. The monoisotopic (exact) mass is 601 g/mol. The minimum Gasteiger partial charge on any atom is -0.481 e. The van der Waals surface area contributed by atoms with Gasteiger partial charge in [-0.05, 0) is 63.5 Å². The third-order valence-electron chi connectivity index (χ3n) is 7.37. The van der Waals surface area contributed by atoms with Crippen LogP contribution in [0.2, 0.25) is 18.1 Å². The van der Waals surface area contributed by atoms with E-state index in [-0.39, 0.29) is 29.7 Å². The molecule has 232 valence electrons. The number of pyridine rings is 2.